The molecule has 1 saturated heterocycles. The van der Waals surface area contributed by atoms with Crippen molar-refractivity contribution in [3.8, 4) is 0 Å². The highest BCUT2D eigenvalue weighted by molar-refractivity contribution is 7.89. The van der Waals surface area contributed by atoms with Gasteiger partial charge in [-0.2, -0.15) is 4.31 Å². The average Bonchev–Trinajstić information content (AvgIpc) is 3.01. The van der Waals surface area contributed by atoms with Crippen LogP contribution in [0.1, 0.15) is 13.3 Å². The molecule has 3 amide bonds. The molecule has 0 saturated carbocycles. The molecule has 1 N–H and O–H groups in total. The van der Waals surface area contributed by atoms with Crippen molar-refractivity contribution in [2.45, 2.75) is 24.3 Å². The predicted molar refractivity (Wildman–Crippen MR) is 122 cm³/mol. The lowest BCUT2D eigenvalue weighted by atomic mass is 10.2. The first-order valence-electron chi connectivity index (χ1n) is 9.38. The van der Waals surface area contributed by atoms with Gasteiger partial charge in [0, 0.05) is 24.2 Å². The molecule has 1 atom stereocenters. The Morgan fingerprint density at radius 3 is 2.47 bits per heavy atom. The highest BCUT2D eigenvalue weighted by atomic mass is 35.5. The molecule has 0 spiro atoms. The lowest BCUT2D eigenvalue weighted by Gasteiger charge is -2.26. The van der Waals surface area contributed by atoms with Gasteiger partial charge in [-0.1, -0.05) is 29.3 Å². The van der Waals surface area contributed by atoms with E-state index in [2.05, 4.69) is 11.9 Å². The molecule has 11 heteroatoms. The number of hydrogen-bond donors (Lipinski definition) is 1. The topological polar surface area (TPSA) is 104 Å². The molecule has 2 aromatic rings. The second-order valence-electron chi connectivity index (χ2n) is 6.95. The minimum absolute atomic E-state index is 0.0642. The maximum Gasteiger partial charge on any atom is 0.252 e. The summed E-state index contributed by atoms with van der Waals surface area (Å²) in [7, 11) is -4.28. The van der Waals surface area contributed by atoms with Gasteiger partial charge in [-0.15, -0.1) is 6.58 Å². The van der Waals surface area contributed by atoms with Crippen molar-refractivity contribution in [3.63, 3.8) is 0 Å². The van der Waals surface area contributed by atoms with Crippen LogP contribution in [0.25, 0.3) is 0 Å². The predicted octanol–water partition coefficient (Wildman–Crippen LogP) is 3.46. The summed E-state index contributed by atoms with van der Waals surface area (Å²) >= 11 is 12.0. The smallest absolute Gasteiger partial charge is 0.252 e. The molecule has 0 aromatic heterocycles. The Morgan fingerprint density at radius 1 is 1.22 bits per heavy atom. The summed E-state index contributed by atoms with van der Waals surface area (Å²) in [5.74, 6) is -1.53. The molecule has 1 aliphatic rings. The van der Waals surface area contributed by atoms with E-state index in [4.69, 9.17) is 23.2 Å². The molecular formula is C21H19Cl2N3O5S. The number of sulfonamides is 1. The first-order chi connectivity index (χ1) is 15.1. The molecule has 8 nitrogen and oxygen atoms in total. The van der Waals surface area contributed by atoms with Gasteiger partial charge in [0.25, 0.3) is 5.91 Å². The van der Waals surface area contributed by atoms with Crippen LogP contribution in [0.15, 0.2) is 60.0 Å². The average molecular weight is 496 g/mol. The Hall–Kier alpha value is -2.72. The number of benzene rings is 2. The SMILES string of the molecule is C=CCN(C1CC(=O)N(c2ccc(NC(C)=O)cc2)C1=O)S(=O)(=O)c1cc(Cl)ccc1Cl. The first kappa shape index (κ1) is 23.9. The number of halogens is 2. The summed E-state index contributed by atoms with van der Waals surface area (Å²) in [6.45, 7) is 4.70. The maximum absolute atomic E-state index is 13.3. The zero-order valence-corrected chi connectivity index (χ0v) is 19.2. The van der Waals surface area contributed by atoms with Gasteiger partial charge in [-0.3, -0.25) is 14.4 Å². The van der Waals surface area contributed by atoms with Gasteiger partial charge in [-0.25, -0.2) is 13.3 Å². The molecule has 1 heterocycles. The Bertz CT molecular complexity index is 1200. The monoisotopic (exact) mass is 495 g/mol. The van der Waals surface area contributed by atoms with E-state index in [9.17, 15) is 22.8 Å². The zero-order valence-electron chi connectivity index (χ0n) is 16.9. The number of rotatable bonds is 7. The van der Waals surface area contributed by atoms with E-state index < -0.39 is 27.9 Å². The molecule has 1 fully saturated rings. The van der Waals surface area contributed by atoms with Crippen LogP contribution in [0.3, 0.4) is 0 Å². The Labute approximate surface area is 195 Å². The standard InChI is InChI=1S/C21H19Cl2N3O5S/c1-3-10-25(32(30,31)19-11-14(22)4-9-17(19)23)18-12-20(28)26(21(18)29)16-7-5-15(6-8-16)24-13(2)27/h3-9,11,18H,1,10,12H2,2H3,(H,24,27). The van der Waals surface area contributed by atoms with Gasteiger partial charge in [0.2, 0.25) is 21.8 Å². The van der Waals surface area contributed by atoms with E-state index in [0.29, 0.717) is 5.69 Å². The summed E-state index contributed by atoms with van der Waals surface area (Å²) < 4.78 is 27.6. The number of nitrogens with zero attached hydrogens (tertiary/aromatic N) is 2. The van der Waals surface area contributed by atoms with Crippen molar-refractivity contribution in [3.05, 3.63) is 65.2 Å². The largest absolute Gasteiger partial charge is 0.326 e. The van der Waals surface area contributed by atoms with Crippen LogP contribution >= 0.6 is 23.2 Å². The Kier molecular flexibility index (Phi) is 7.04. The van der Waals surface area contributed by atoms with Gasteiger partial charge in [0.05, 0.1) is 17.1 Å². The van der Waals surface area contributed by atoms with E-state index in [1.807, 2.05) is 0 Å². The molecule has 0 bridgehead atoms. The second-order valence-corrected chi connectivity index (χ2v) is 9.66. The molecule has 32 heavy (non-hydrogen) atoms. The Balaban J connectivity index is 1.96. The molecule has 0 radical (unpaired) electrons. The van der Waals surface area contributed by atoms with Crippen LogP contribution < -0.4 is 10.2 Å². The van der Waals surface area contributed by atoms with Crippen LogP contribution in [-0.4, -0.2) is 43.0 Å². The van der Waals surface area contributed by atoms with Crippen molar-refractivity contribution in [1.29, 1.82) is 0 Å². The maximum atomic E-state index is 13.3. The van der Waals surface area contributed by atoms with Crippen molar-refractivity contribution in [2.24, 2.45) is 0 Å². The van der Waals surface area contributed by atoms with Crippen molar-refractivity contribution in [1.82, 2.24) is 4.31 Å². The zero-order chi connectivity index (χ0) is 23.6. The van der Waals surface area contributed by atoms with Crippen LogP contribution in [0, 0.1) is 0 Å². The second kappa shape index (κ2) is 9.41. The molecule has 1 unspecified atom stereocenters. The normalized spacial score (nSPS) is 16.5. The van der Waals surface area contributed by atoms with Gasteiger partial charge >= 0.3 is 0 Å². The van der Waals surface area contributed by atoms with Gasteiger partial charge in [0.15, 0.2) is 0 Å². The number of carbonyl (C=O) groups excluding carboxylic acids is 3. The third-order valence-electron chi connectivity index (χ3n) is 4.71. The van der Waals surface area contributed by atoms with Gasteiger partial charge in [-0.05, 0) is 42.5 Å². The van der Waals surface area contributed by atoms with E-state index in [0.717, 1.165) is 9.21 Å². The number of amides is 3. The Morgan fingerprint density at radius 2 is 1.88 bits per heavy atom. The minimum Gasteiger partial charge on any atom is -0.326 e. The summed E-state index contributed by atoms with van der Waals surface area (Å²) in [4.78, 5) is 37.7. The summed E-state index contributed by atoms with van der Waals surface area (Å²) in [6, 6.07) is 8.74. The quantitative estimate of drug-likeness (QED) is 0.467. The van der Waals surface area contributed by atoms with Crippen LogP contribution in [0.5, 0.6) is 0 Å². The van der Waals surface area contributed by atoms with E-state index in [-0.39, 0.29) is 39.5 Å². The van der Waals surface area contributed by atoms with Crippen LogP contribution in [0.4, 0.5) is 11.4 Å². The van der Waals surface area contributed by atoms with Crippen molar-refractivity contribution in [2.75, 3.05) is 16.8 Å². The van der Waals surface area contributed by atoms with Crippen molar-refractivity contribution >= 4 is 62.3 Å². The fraction of sp³-hybridized carbons (Fsp3) is 0.190. The lowest BCUT2D eigenvalue weighted by molar-refractivity contribution is -0.122. The summed E-state index contributed by atoms with van der Waals surface area (Å²) in [5, 5.41) is 2.68. The lowest BCUT2D eigenvalue weighted by Crippen LogP contribution is -2.45. The summed E-state index contributed by atoms with van der Waals surface area (Å²) in [6.07, 6.45) is 0.968. The van der Waals surface area contributed by atoms with E-state index >= 15 is 0 Å². The fourth-order valence-electron chi connectivity index (χ4n) is 3.33. The molecular weight excluding hydrogens is 477 g/mol. The number of anilines is 2. The van der Waals surface area contributed by atoms with Crippen molar-refractivity contribution < 1.29 is 22.8 Å². The molecule has 168 valence electrons. The number of carbonyl (C=O) groups is 3. The van der Waals surface area contributed by atoms with Crippen LogP contribution in [0.2, 0.25) is 10.0 Å². The fourth-order valence-corrected chi connectivity index (χ4v) is 5.62. The minimum atomic E-state index is -4.28. The third-order valence-corrected chi connectivity index (χ3v) is 7.30. The first-order valence-corrected chi connectivity index (χ1v) is 11.6. The molecule has 1 aliphatic heterocycles. The molecule has 3 rings (SSSR count). The molecule has 0 aliphatic carbocycles. The van der Waals surface area contributed by atoms with Crippen LogP contribution in [-0.2, 0) is 24.4 Å². The number of hydrogen-bond acceptors (Lipinski definition) is 5. The van der Waals surface area contributed by atoms with Gasteiger partial charge < -0.3 is 5.32 Å². The van der Waals surface area contributed by atoms with E-state index in [1.54, 1.807) is 0 Å². The number of nitrogens with one attached hydrogen (secondary N) is 1. The third kappa shape index (κ3) is 4.71. The number of imide groups is 1. The molecule has 2 aromatic carbocycles. The highest BCUT2D eigenvalue weighted by Gasteiger charge is 2.47. The highest BCUT2D eigenvalue weighted by Crippen LogP contribution is 2.33. The van der Waals surface area contributed by atoms with E-state index in [1.165, 1.54) is 55.5 Å². The van der Waals surface area contributed by atoms with Gasteiger partial charge in [0.1, 0.15) is 10.9 Å². The summed E-state index contributed by atoms with van der Waals surface area (Å²) in [5.41, 5.74) is 0.747.